The molecule has 2 aromatic heterocycles. The Labute approximate surface area is 124 Å². The van der Waals surface area contributed by atoms with Crippen LogP contribution in [0.4, 0.5) is 4.39 Å². The molecule has 2 heterocycles. The molecule has 108 valence electrons. The monoisotopic (exact) mass is 305 g/mol. The molecule has 1 unspecified atom stereocenters. The summed E-state index contributed by atoms with van der Waals surface area (Å²) in [7, 11) is 0. The molecule has 1 N–H and O–H groups in total. The van der Waals surface area contributed by atoms with Gasteiger partial charge >= 0.3 is 0 Å². The topological polar surface area (TPSA) is 80.5 Å². The van der Waals surface area contributed by atoms with Crippen LogP contribution in [-0.2, 0) is 0 Å². The number of nitrogens with zero attached hydrogens (tertiary/aromatic N) is 4. The second-order valence-electron chi connectivity index (χ2n) is 4.39. The van der Waals surface area contributed by atoms with Crippen LogP contribution in [0.2, 0.25) is 0 Å². The smallest absolute Gasteiger partial charge is 0.239 e. The van der Waals surface area contributed by atoms with Gasteiger partial charge in [-0.15, -0.1) is 5.10 Å². The molecule has 1 aromatic carbocycles. The van der Waals surface area contributed by atoms with Crippen molar-refractivity contribution in [2.45, 2.75) is 24.3 Å². The molecule has 0 aliphatic heterocycles. The Balaban J connectivity index is 1.78. The predicted molar refractivity (Wildman–Crippen MR) is 75.1 cm³/mol. The average Bonchev–Trinajstić information content (AvgIpc) is 3.08. The number of aryl methyl sites for hydroxylation is 1. The van der Waals surface area contributed by atoms with Crippen molar-refractivity contribution in [2.75, 3.05) is 0 Å². The van der Waals surface area contributed by atoms with Crippen LogP contribution in [0.15, 0.2) is 33.9 Å². The summed E-state index contributed by atoms with van der Waals surface area (Å²) in [6.07, 6.45) is 0. The normalized spacial score (nSPS) is 12.5. The molecule has 0 bridgehead atoms. The molecule has 21 heavy (non-hydrogen) atoms. The van der Waals surface area contributed by atoms with Gasteiger partial charge in [0.15, 0.2) is 11.6 Å². The molecule has 0 fully saturated rings. The maximum Gasteiger partial charge on any atom is 0.239 e. The van der Waals surface area contributed by atoms with Crippen molar-refractivity contribution in [2.24, 2.45) is 0 Å². The third-order valence-corrected chi connectivity index (χ3v) is 3.72. The molecular weight excluding hydrogens is 293 g/mol. The number of benzene rings is 1. The van der Waals surface area contributed by atoms with Gasteiger partial charge in [0.1, 0.15) is 5.82 Å². The maximum atomic E-state index is 13.7. The number of thioether (sulfide) groups is 1. The zero-order valence-corrected chi connectivity index (χ0v) is 12.2. The van der Waals surface area contributed by atoms with Gasteiger partial charge in [-0.25, -0.2) is 9.37 Å². The van der Waals surface area contributed by atoms with E-state index in [1.165, 1.54) is 17.8 Å². The SMILES string of the molecule is Cc1noc(C(C)Sc2n[nH]c(-c3ccccc3F)n2)n1. The fourth-order valence-electron chi connectivity index (χ4n) is 1.76. The summed E-state index contributed by atoms with van der Waals surface area (Å²) < 4.78 is 18.8. The second kappa shape index (κ2) is 5.65. The zero-order chi connectivity index (χ0) is 14.8. The Morgan fingerprint density at radius 2 is 2.10 bits per heavy atom. The summed E-state index contributed by atoms with van der Waals surface area (Å²) >= 11 is 1.36. The van der Waals surface area contributed by atoms with Crippen LogP contribution in [0.1, 0.15) is 23.9 Å². The number of aromatic nitrogens is 5. The molecule has 0 saturated heterocycles. The van der Waals surface area contributed by atoms with E-state index in [9.17, 15) is 4.39 Å². The number of H-pyrrole nitrogens is 1. The van der Waals surface area contributed by atoms with Gasteiger partial charge in [-0.05, 0) is 26.0 Å². The molecule has 0 saturated carbocycles. The number of halogens is 1. The van der Waals surface area contributed by atoms with E-state index in [2.05, 4.69) is 25.3 Å². The zero-order valence-electron chi connectivity index (χ0n) is 11.4. The van der Waals surface area contributed by atoms with E-state index >= 15 is 0 Å². The first-order valence-corrected chi connectivity index (χ1v) is 7.15. The van der Waals surface area contributed by atoms with Crippen LogP contribution in [-0.4, -0.2) is 25.3 Å². The minimum Gasteiger partial charge on any atom is -0.338 e. The summed E-state index contributed by atoms with van der Waals surface area (Å²) in [6.45, 7) is 3.67. The average molecular weight is 305 g/mol. The third-order valence-electron chi connectivity index (χ3n) is 2.77. The molecule has 0 amide bonds. The predicted octanol–water partition coefficient (Wildman–Crippen LogP) is 3.16. The van der Waals surface area contributed by atoms with Crippen LogP contribution in [0, 0.1) is 12.7 Å². The molecule has 0 radical (unpaired) electrons. The van der Waals surface area contributed by atoms with Crippen molar-refractivity contribution < 1.29 is 8.91 Å². The van der Waals surface area contributed by atoms with E-state index in [4.69, 9.17) is 4.52 Å². The quantitative estimate of drug-likeness (QED) is 0.746. The Morgan fingerprint density at radius 3 is 2.81 bits per heavy atom. The standard InChI is InChI=1S/C13H12FN5OS/c1-7(12-15-8(2)19-20-12)21-13-16-11(17-18-13)9-5-3-4-6-10(9)14/h3-7H,1-2H3,(H,16,17,18). The van der Waals surface area contributed by atoms with Gasteiger partial charge in [-0.2, -0.15) is 4.98 Å². The highest BCUT2D eigenvalue weighted by Crippen LogP contribution is 2.32. The van der Waals surface area contributed by atoms with Gasteiger partial charge in [0.2, 0.25) is 11.0 Å². The minimum atomic E-state index is -0.342. The van der Waals surface area contributed by atoms with Crippen LogP contribution in [0.3, 0.4) is 0 Å². The van der Waals surface area contributed by atoms with E-state index in [0.717, 1.165) is 0 Å². The first-order valence-electron chi connectivity index (χ1n) is 6.27. The fraction of sp³-hybridized carbons (Fsp3) is 0.231. The van der Waals surface area contributed by atoms with Crippen molar-refractivity contribution >= 4 is 11.8 Å². The Bertz CT molecular complexity index is 756. The lowest BCUT2D eigenvalue weighted by Gasteiger charge is -2.01. The molecule has 0 spiro atoms. The number of hydrogen-bond acceptors (Lipinski definition) is 6. The summed E-state index contributed by atoms with van der Waals surface area (Å²) in [5, 5.41) is 11.0. The number of aromatic amines is 1. The fourth-order valence-corrected chi connectivity index (χ4v) is 2.51. The molecule has 0 aliphatic carbocycles. The van der Waals surface area contributed by atoms with Crippen molar-refractivity contribution in [1.29, 1.82) is 0 Å². The Kier molecular flexibility index (Phi) is 3.70. The first kappa shape index (κ1) is 13.7. The van der Waals surface area contributed by atoms with Gasteiger partial charge in [0.25, 0.3) is 0 Å². The molecular formula is C13H12FN5OS. The van der Waals surface area contributed by atoms with E-state index in [0.29, 0.717) is 28.3 Å². The number of rotatable bonds is 4. The lowest BCUT2D eigenvalue weighted by atomic mass is 10.2. The Hall–Kier alpha value is -2.22. The summed E-state index contributed by atoms with van der Waals surface area (Å²) in [4.78, 5) is 8.44. The lowest BCUT2D eigenvalue weighted by Crippen LogP contribution is -1.90. The van der Waals surface area contributed by atoms with E-state index in [-0.39, 0.29) is 11.1 Å². The highest BCUT2D eigenvalue weighted by atomic mass is 32.2. The van der Waals surface area contributed by atoms with Gasteiger partial charge in [0.05, 0.1) is 10.8 Å². The van der Waals surface area contributed by atoms with Crippen molar-refractivity contribution in [3.63, 3.8) is 0 Å². The van der Waals surface area contributed by atoms with Crippen LogP contribution in [0.25, 0.3) is 11.4 Å². The van der Waals surface area contributed by atoms with E-state index in [1.807, 2.05) is 6.92 Å². The first-order chi connectivity index (χ1) is 10.1. The van der Waals surface area contributed by atoms with Gasteiger partial charge in [-0.1, -0.05) is 29.1 Å². The minimum absolute atomic E-state index is 0.0875. The molecule has 3 rings (SSSR count). The Morgan fingerprint density at radius 1 is 1.29 bits per heavy atom. The summed E-state index contributed by atoms with van der Waals surface area (Å²) in [5.41, 5.74) is 0.387. The number of hydrogen-bond donors (Lipinski definition) is 1. The molecule has 8 heteroatoms. The molecule has 0 aliphatic rings. The van der Waals surface area contributed by atoms with Gasteiger partial charge in [0, 0.05) is 0 Å². The highest BCUT2D eigenvalue weighted by molar-refractivity contribution is 7.99. The van der Waals surface area contributed by atoms with E-state index in [1.54, 1.807) is 25.1 Å². The van der Waals surface area contributed by atoms with Gasteiger partial charge in [-0.3, -0.25) is 5.10 Å². The van der Waals surface area contributed by atoms with Crippen LogP contribution < -0.4 is 0 Å². The van der Waals surface area contributed by atoms with E-state index < -0.39 is 0 Å². The van der Waals surface area contributed by atoms with Crippen molar-refractivity contribution in [3.8, 4) is 11.4 Å². The van der Waals surface area contributed by atoms with Gasteiger partial charge < -0.3 is 4.52 Å². The molecule has 3 aromatic rings. The number of nitrogens with one attached hydrogen (secondary N) is 1. The molecule has 1 atom stereocenters. The molecule has 6 nitrogen and oxygen atoms in total. The second-order valence-corrected chi connectivity index (χ2v) is 5.69. The van der Waals surface area contributed by atoms with Crippen molar-refractivity contribution in [1.82, 2.24) is 25.3 Å². The maximum absolute atomic E-state index is 13.7. The van der Waals surface area contributed by atoms with Crippen LogP contribution in [0.5, 0.6) is 0 Å². The summed E-state index contributed by atoms with van der Waals surface area (Å²) in [6, 6.07) is 6.41. The largest absolute Gasteiger partial charge is 0.338 e. The lowest BCUT2D eigenvalue weighted by molar-refractivity contribution is 0.376. The highest BCUT2D eigenvalue weighted by Gasteiger charge is 2.18. The third kappa shape index (κ3) is 2.94. The summed E-state index contributed by atoms with van der Waals surface area (Å²) in [5.74, 6) is 1.14. The van der Waals surface area contributed by atoms with Crippen LogP contribution >= 0.6 is 11.8 Å². The van der Waals surface area contributed by atoms with Crippen molar-refractivity contribution in [3.05, 3.63) is 41.8 Å².